The number of nitrogens with zero attached hydrogens (tertiary/aromatic N) is 2. The quantitative estimate of drug-likeness (QED) is 0.0239. The van der Waals surface area contributed by atoms with Crippen molar-refractivity contribution >= 4 is 47.4 Å². The van der Waals surface area contributed by atoms with E-state index < -0.39 is 23.6 Å². The number of fused-ring (bicyclic) bond motifs is 2. The van der Waals surface area contributed by atoms with E-state index in [-0.39, 0.29) is 149 Å². The van der Waals surface area contributed by atoms with E-state index in [0.717, 1.165) is 44.5 Å². The van der Waals surface area contributed by atoms with Crippen molar-refractivity contribution in [2.45, 2.75) is 129 Å². The molecule has 0 aliphatic carbocycles. The lowest BCUT2D eigenvalue weighted by Crippen LogP contribution is -2.31. The fraction of sp³-hybridized carbons (Fsp3) is 0.353. The molecule has 2 heterocycles. The number of nitrogens with one attached hydrogen (secondary N) is 4. The number of amides is 6. The second kappa shape index (κ2) is 32.3. The van der Waals surface area contributed by atoms with Crippen molar-refractivity contribution in [1.82, 2.24) is 31.1 Å². The molecule has 86 heavy (non-hydrogen) atoms. The number of carbonyl (C=O) groups is 8. The van der Waals surface area contributed by atoms with Crippen molar-refractivity contribution in [2.24, 2.45) is 0 Å². The van der Waals surface area contributed by atoms with E-state index in [1.807, 2.05) is 60.7 Å². The number of benzene rings is 6. The number of rotatable bonds is 31. The van der Waals surface area contributed by atoms with Crippen LogP contribution in [0, 0.1) is 11.6 Å². The highest BCUT2D eigenvalue weighted by atomic mass is 19.1. The van der Waals surface area contributed by atoms with Gasteiger partial charge >= 0.3 is 11.9 Å². The molecule has 0 atom stereocenters. The first kappa shape index (κ1) is 63.0. The predicted molar refractivity (Wildman–Crippen MR) is 319 cm³/mol. The van der Waals surface area contributed by atoms with Gasteiger partial charge in [-0.3, -0.25) is 38.4 Å². The minimum atomic E-state index is -0.459. The molecule has 16 nitrogen and oxygen atoms in total. The van der Waals surface area contributed by atoms with Crippen LogP contribution in [0.1, 0.15) is 163 Å². The van der Waals surface area contributed by atoms with Gasteiger partial charge in [0.2, 0.25) is 11.8 Å². The van der Waals surface area contributed by atoms with Gasteiger partial charge in [-0.05, 0) is 144 Å². The van der Waals surface area contributed by atoms with Gasteiger partial charge < -0.3 is 40.5 Å². The topological polar surface area (TPSA) is 210 Å². The number of hydrogen-bond acceptors (Lipinski definition) is 10. The van der Waals surface area contributed by atoms with Gasteiger partial charge in [0.05, 0.1) is 22.3 Å². The van der Waals surface area contributed by atoms with Crippen LogP contribution in [0.5, 0.6) is 0 Å². The molecule has 450 valence electrons. The molecule has 0 saturated carbocycles. The van der Waals surface area contributed by atoms with E-state index in [1.165, 1.54) is 24.3 Å². The fourth-order valence-electron chi connectivity index (χ4n) is 10.4. The molecule has 6 aromatic rings. The predicted octanol–water partition coefficient (Wildman–Crippen LogP) is 9.92. The molecule has 0 aromatic heterocycles. The second-order valence-corrected chi connectivity index (χ2v) is 21.7. The largest absolute Gasteiger partial charge is 0.461 e. The van der Waals surface area contributed by atoms with Crippen LogP contribution in [0.2, 0.25) is 0 Å². The Balaban J connectivity index is 0.788. The zero-order valence-corrected chi connectivity index (χ0v) is 48.4. The zero-order valence-electron chi connectivity index (χ0n) is 48.4. The second-order valence-electron chi connectivity index (χ2n) is 21.7. The van der Waals surface area contributed by atoms with E-state index in [2.05, 4.69) is 21.3 Å². The van der Waals surface area contributed by atoms with Crippen molar-refractivity contribution in [2.75, 3.05) is 26.2 Å². The minimum Gasteiger partial charge on any atom is -0.461 e. The van der Waals surface area contributed by atoms with Gasteiger partial charge in [0.25, 0.3) is 23.6 Å². The van der Waals surface area contributed by atoms with Crippen LogP contribution < -0.4 is 21.3 Å². The Morgan fingerprint density at radius 2 is 0.674 bits per heavy atom. The van der Waals surface area contributed by atoms with Crippen LogP contribution in [-0.4, -0.2) is 83.4 Å². The minimum absolute atomic E-state index is 0.0728. The van der Waals surface area contributed by atoms with Crippen LogP contribution >= 0.6 is 0 Å². The summed E-state index contributed by atoms with van der Waals surface area (Å²) in [4.78, 5) is 110. The van der Waals surface area contributed by atoms with E-state index >= 15 is 0 Å². The summed E-state index contributed by atoms with van der Waals surface area (Å²) in [6.45, 7) is 2.44. The third-order valence-electron chi connectivity index (χ3n) is 15.2. The average molecular weight is 1170 g/mol. The highest BCUT2D eigenvalue weighted by Gasteiger charge is 2.30. The van der Waals surface area contributed by atoms with Crippen molar-refractivity contribution in [1.29, 1.82) is 0 Å². The first-order valence-electron chi connectivity index (χ1n) is 29.6. The molecule has 0 saturated heterocycles. The molecule has 0 radical (unpaired) electrons. The molecule has 2 aliphatic rings. The molecule has 4 N–H and O–H groups in total. The highest BCUT2D eigenvalue weighted by Crippen LogP contribution is 2.30. The lowest BCUT2D eigenvalue weighted by Gasteiger charge is -2.16. The van der Waals surface area contributed by atoms with Gasteiger partial charge in [-0.1, -0.05) is 97.8 Å². The van der Waals surface area contributed by atoms with Crippen molar-refractivity contribution < 1.29 is 56.6 Å². The Kier molecular flexibility index (Phi) is 23.6. The fourth-order valence-corrected chi connectivity index (χ4v) is 10.4. The third-order valence-corrected chi connectivity index (χ3v) is 15.2. The summed E-state index contributed by atoms with van der Waals surface area (Å²) in [7, 11) is 0. The molecule has 0 unspecified atom stereocenters. The lowest BCUT2D eigenvalue weighted by atomic mass is 9.98. The molecular weight excluding hydrogens is 1100 g/mol. The number of hydrogen-bond donors (Lipinski definition) is 4. The maximum Gasteiger partial charge on any atom is 0.306 e. The van der Waals surface area contributed by atoms with Gasteiger partial charge in [0.15, 0.2) is 0 Å². The molecular formula is C68H74F2N6O10. The van der Waals surface area contributed by atoms with Gasteiger partial charge in [-0.15, -0.1) is 0 Å². The average Bonchev–Trinajstić information content (AvgIpc) is 2.20. The van der Waals surface area contributed by atoms with Gasteiger partial charge in [-0.25, -0.2) is 8.78 Å². The molecule has 2 aliphatic heterocycles. The van der Waals surface area contributed by atoms with E-state index in [4.69, 9.17) is 9.47 Å². The van der Waals surface area contributed by atoms with E-state index in [9.17, 15) is 47.1 Å². The molecule has 6 aromatic carbocycles. The number of unbranched alkanes of at least 4 members (excludes halogenated alkanes) is 5. The van der Waals surface area contributed by atoms with Crippen molar-refractivity contribution in [3.8, 4) is 0 Å². The number of carbonyl (C=O) groups excluding carboxylic acids is 8. The third kappa shape index (κ3) is 19.2. The Labute approximate surface area is 500 Å². The van der Waals surface area contributed by atoms with Gasteiger partial charge in [-0.2, -0.15) is 0 Å². The molecule has 18 heteroatoms. The molecule has 6 amide bonds. The zero-order chi connectivity index (χ0) is 60.6. The molecule has 8 rings (SSSR count). The van der Waals surface area contributed by atoms with E-state index in [1.54, 1.807) is 58.3 Å². The Morgan fingerprint density at radius 3 is 1.01 bits per heavy atom. The summed E-state index contributed by atoms with van der Waals surface area (Å²) >= 11 is 0. The highest BCUT2D eigenvalue weighted by molar-refractivity contribution is 6.08. The maximum atomic E-state index is 13.7. The summed E-state index contributed by atoms with van der Waals surface area (Å²) in [5.41, 5.74) is 7.16. The van der Waals surface area contributed by atoms with Gasteiger partial charge in [0, 0.05) is 78.0 Å². The maximum absolute atomic E-state index is 13.7. The van der Waals surface area contributed by atoms with Crippen LogP contribution in [-0.2, 0) is 80.9 Å². The van der Waals surface area contributed by atoms with E-state index in [0.29, 0.717) is 64.2 Å². The molecule has 0 fully saturated rings. The number of esters is 2. The number of ether oxygens (including phenoxy) is 2. The summed E-state index contributed by atoms with van der Waals surface area (Å²) in [5, 5.41) is 11.6. The molecule has 0 spiro atoms. The normalized spacial score (nSPS) is 12.2. The van der Waals surface area contributed by atoms with Crippen LogP contribution in [0.3, 0.4) is 0 Å². The van der Waals surface area contributed by atoms with Crippen molar-refractivity contribution in [3.05, 3.63) is 212 Å². The summed E-state index contributed by atoms with van der Waals surface area (Å²) in [6.07, 6.45) is 6.38. The van der Waals surface area contributed by atoms with Crippen LogP contribution in [0.25, 0.3) is 0 Å². The summed E-state index contributed by atoms with van der Waals surface area (Å²) in [6, 6.07) is 37.5. The number of halogens is 2. The van der Waals surface area contributed by atoms with Crippen molar-refractivity contribution in [3.63, 3.8) is 0 Å². The Morgan fingerprint density at radius 1 is 0.360 bits per heavy atom. The Hall–Kier alpha value is -9.06. The Bertz CT molecular complexity index is 3110. The first-order valence-corrected chi connectivity index (χ1v) is 29.6. The SMILES string of the molecule is O=C(CCCCNC(=O)c1cc2c(cc1C(=O)NCCc1ccc(F)cc1)CN(C(=O)CCCCCCC(=O)N1Cc3cc(C(=O)NCCCCC(=O)OCc4ccccc4)c(C(=O)NCCc4ccc(F)cc4)cc3C1)C2)OCc1ccccc1. The standard InChI is InChI=1S/C68H74F2N6O10/c69-55-27-23-47(24-28-55)31-35-73-67(83)59-39-53-43-75(41-51(53)37-57(59)65(81)71-33-13-11-21-63(79)85-45-49-15-5-3-6-16-49)61(77)19-9-1-2-10-20-62(78)76-42-52-38-58(66(82)72-34-14-12-22-64(80)86-46-50-17-7-4-8-18-50)60(40-54(52)44-76)68(84)74-36-32-48-25-29-56(70)30-26-48/h3-8,15-18,23-30,37-40H,1-2,9-14,19-22,31-36,41-46H2,(H,71,81)(H,72,82)(H,73,83)(H,74,84). The smallest absolute Gasteiger partial charge is 0.306 e. The molecule has 0 bridgehead atoms. The first-order chi connectivity index (χ1) is 41.8. The summed E-state index contributed by atoms with van der Waals surface area (Å²) in [5.74, 6) is -3.37. The van der Waals surface area contributed by atoms with Crippen LogP contribution in [0.4, 0.5) is 8.78 Å². The summed E-state index contributed by atoms with van der Waals surface area (Å²) < 4.78 is 37.8. The monoisotopic (exact) mass is 1170 g/mol. The lowest BCUT2D eigenvalue weighted by molar-refractivity contribution is -0.146. The van der Waals surface area contributed by atoms with Crippen LogP contribution in [0.15, 0.2) is 133 Å². The van der Waals surface area contributed by atoms with Gasteiger partial charge in [0.1, 0.15) is 24.8 Å².